The van der Waals surface area contributed by atoms with Crippen LogP contribution in [0.25, 0.3) is 0 Å². The highest BCUT2D eigenvalue weighted by Crippen LogP contribution is 2.20. The molecule has 2 aliphatic heterocycles. The average Bonchev–Trinajstić information content (AvgIpc) is 2.48. The van der Waals surface area contributed by atoms with Crippen molar-refractivity contribution in [2.24, 2.45) is 5.92 Å². The molecular weight excluding hydrogens is 200 g/mol. The Morgan fingerprint density at radius 1 is 1.13 bits per heavy atom. The van der Waals surface area contributed by atoms with E-state index < -0.39 is 12.2 Å². The van der Waals surface area contributed by atoms with Gasteiger partial charge in [0.15, 0.2) is 0 Å². The largest absolute Gasteiger partial charge is 0.465 e. The van der Waals surface area contributed by atoms with Gasteiger partial charge in [-0.1, -0.05) is 0 Å². The minimum absolute atomic E-state index is 0.0240. The van der Waals surface area contributed by atoms with Crippen molar-refractivity contribution in [2.75, 3.05) is 26.2 Å². The number of β-amino-alcohol motifs (C(OH)–C–C–N with tert-alkyl or cyclic N) is 1. The number of carbonyl (C=O) groups excluding carboxylic acids is 1. The number of carboxylic acid groups (broad SMARTS) is 1. The van der Waals surface area contributed by atoms with Crippen LogP contribution in [0.15, 0.2) is 0 Å². The highest BCUT2D eigenvalue weighted by molar-refractivity contribution is 5.82. The molecule has 15 heavy (non-hydrogen) atoms. The van der Waals surface area contributed by atoms with Crippen LogP contribution in [-0.2, 0) is 4.79 Å². The summed E-state index contributed by atoms with van der Waals surface area (Å²) < 4.78 is 0. The lowest BCUT2D eigenvalue weighted by molar-refractivity contribution is -0.139. The Bertz CT molecular complexity index is 288. The third kappa shape index (κ3) is 1.90. The Labute approximate surface area is 87.1 Å². The van der Waals surface area contributed by atoms with Crippen molar-refractivity contribution in [3.63, 3.8) is 0 Å². The van der Waals surface area contributed by atoms with Gasteiger partial charge in [0.1, 0.15) is 0 Å². The SMILES string of the molecule is O=C(O)N1CC(C(=O)N2CCC(O)C2)C1. The number of aliphatic hydroxyl groups excluding tert-OH is 1. The number of aliphatic hydroxyl groups is 1. The molecule has 0 spiro atoms. The maximum absolute atomic E-state index is 11.7. The summed E-state index contributed by atoms with van der Waals surface area (Å²) in [6, 6.07) is 0. The van der Waals surface area contributed by atoms with Gasteiger partial charge in [0.2, 0.25) is 5.91 Å². The monoisotopic (exact) mass is 214 g/mol. The first-order chi connectivity index (χ1) is 7.08. The highest BCUT2D eigenvalue weighted by atomic mass is 16.4. The average molecular weight is 214 g/mol. The molecule has 1 atom stereocenters. The molecule has 2 rings (SSSR count). The molecule has 2 heterocycles. The van der Waals surface area contributed by atoms with E-state index in [-0.39, 0.29) is 11.8 Å². The lowest BCUT2D eigenvalue weighted by atomic mass is 9.99. The molecule has 2 aliphatic rings. The van der Waals surface area contributed by atoms with Crippen LogP contribution in [0.5, 0.6) is 0 Å². The summed E-state index contributed by atoms with van der Waals surface area (Å²) in [5.41, 5.74) is 0. The Morgan fingerprint density at radius 2 is 1.80 bits per heavy atom. The summed E-state index contributed by atoms with van der Waals surface area (Å²) >= 11 is 0. The molecule has 84 valence electrons. The predicted octanol–water partition coefficient (Wildman–Crippen LogP) is -0.811. The molecule has 2 saturated heterocycles. The molecular formula is C9H14N2O4. The fraction of sp³-hybridized carbons (Fsp3) is 0.778. The summed E-state index contributed by atoms with van der Waals surface area (Å²) in [5, 5.41) is 17.9. The van der Waals surface area contributed by atoms with E-state index in [2.05, 4.69) is 0 Å². The van der Waals surface area contributed by atoms with Crippen molar-refractivity contribution < 1.29 is 19.8 Å². The second-order valence-electron chi connectivity index (χ2n) is 4.11. The Balaban J connectivity index is 1.81. The first-order valence-electron chi connectivity index (χ1n) is 5.02. The molecule has 0 radical (unpaired) electrons. The molecule has 6 nitrogen and oxygen atoms in total. The van der Waals surface area contributed by atoms with Gasteiger partial charge < -0.3 is 20.0 Å². The number of likely N-dealkylation sites (tertiary alicyclic amines) is 2. The van der Waals surface area contributed by atoms with Gasteiger partial charge >= 0.3 is 6.09 Å². The summed E-state index contributed by atoms with van der Waals surface area (Å²) in [5.74, 6) is -0.226. The van der Waals surface area contributed by atoms with Crippen LogP contribution in [0.3, 0.4) is 0 Å². The van der Waals surface area contributed by atoms with Gasteiger partial charge in [-0.25, -0.2) is 4.79 Å². The first kappa shape index (κ1) is 10.2. The second-order valence-corrected chi connectivity index (χ2v) is 4.11. The molecule has 0 aromatic rings. The highest BCUT2D eigenvalue weighted by Gasteiger charge is 2.39. The zero-order chi connectivity index (χ0) is 11.0. The zero-order valence-corrected chi connectivity index (χ0v) is 8.30. The van der Waals surface area contributed by atoms with Crippen LogP contribution < -0.4 is 0 Å². The maximum atomic E-state index is 11.7. The fourth-order valence-corrected chi connectivity index (χ4v) is 1.99. The van der Waals surface area contributed by atoms with Crippen LogP contribution in [0.4, 0.5) is 4.79 Å². The molecule has 6 heteroatoms. The van der Waals surface area contributed by atoms with Crippen LogP contribution in [0, 0.1) is 5.92 Å². The number of carbonyl (C=O) groups is 2. The molecule has 0 aliphatic carbocycles. The normalized spacial score (nSPS) is 26.6. The predicted molar refractivity (Wildman–Crippen MR) is 50.3 cm³/mol. The maximum Gasteiger partial charge on any atom is 0.407 e. The molecule has 2 N–H and O–H groups in total. The van der Waals surface area contributed by atoms with E-state index in [0.717, 1.165) is 0 Å². The van der Waals surface area contributed by atoms with Gasteiger partial charge in [0.05, 0.1) is 12.0 Å². The van der Waals surface area contributed by atoms with Crippen LogP contribution in [0.2, 0.25) is 0 Å². The van der Waals surface area contributed by atoms with Crippen molar-refractivity contribution in [1.82, 2.24) is 9.80 Å². The summed E-state index contributed by atoms with van der Waals surface area (Å²) in [6.07, 6.45) is -0.758. The third-order valence-corrected chi connectivity index (χ3v) is 2.98. The molecule has 2 amide bonds. The van der Waals surface area contributed by atoms with Gasteiger partial charge in [0.25, 0.3) is 0 Å². The Morgan fingerprint density at radius 3 is 2.27 bits per heavy atom. The molecule has 2 fully saturated rings. The zero-order valence-electron chi connectivity index (χ0n) is 8.30. The fourth-order valence-electron chi connectivity index (χ4n) is 1.99. The van der Waals surface area contributed by atoms with Crippen molar-refractivity contribution in [2.45, 2.75) is 12.5 Å². The number of hydrogen-bond donors (Lipinski definition) is 2. The van der Waals surface area contributed by atoms with Crippen LogP contribution >= 0.6 is 0 Å². The molecule has 0 aromatic carbocycles. The lowest BCUT2D eigenvalue weighted by Gasteiger charge is -2.37. The number of amides is 2. The van der Waals surface area contributed by atoms with Crippen molar-refractivity contribution in [3.8, 4) is 0 Å². The van der Waals surface area contributed by atoms with E-state index >= 15 is 0 Å². The second kappa shape index (κ2) is 3.69. The van der Waals surface area contributed by atoms with Gasteiger partial charge in [-0.2, -0.15) is 0 Å². The van der Waals surface area contributed by atoms with Crippen molar-refractivity contribution >= 4 is 12.0 Å². The van der Waals surface area contributed by atoms with Gasteiger partial charge in [0, 0.05) is 26.2 Å². The van der Waals surface area contributed by atoms with E-state index in [1.165, 1.54) is 4.90 Å². The van der Waals surface area contributed by atoms with Crippen LogP contribution in [0.1, 0.15) is 6.42 Å². The number of hydrogen-bond acceptors (Lipinski definition) is 3. The minimum Gasteiger partial charge on any atom is -0.465 e. The molecule has 0 bridgehead atoms. The van der Waals surface area contributed by atoms with Gasteiger partial charge in [-0.15, -0.1) is 0 Å². The quantitative estimate of drug-likeness (QED) is 0.598. The smallest absolute Gasteiger partial charge is 0.407 e. The number of rotatable bonds is 1. The van der Waals surface area contributed by atoms with E-state index in [9.17, 15) is 14.7 Å². The van der Waals surface area contributed by atoms with Crippen molar-refractivity contribution in [1.29, 1.82) is 0 Å². The molecule has 1 unspecified atom stereocenters. The van der Waals surface area contributed by atoms with Crippen LogP contribution in [-0.4, -0.2) is 64.3 Å². The number of nitrogens with zero attached hydrogens (tertiary/aromatic N) is 2. The lowest BCUT2D eigenvalue weighted by Crippen LogP contribution is -2.55. The standard InChI is InChI=1S/C9H14N2O4/c12-7-1-2-10(5-7)8(13)6-3-11(4-6)9(14)15/h6-7,12H,1-5H2,(H,14,15). The van der Waals surface area contributed by atoms with Gasteiger partial charge in [-0.05, 0) is 6.42 Å². The van der Waals surface area contributed by atoms with E-state index in [4.69, 9.17) is 5.11 Å². The first-order valence-corrected chi connectivity index (χ1v) is 5.02. The minimum atomic E-state index is -0.972. The van der Waals surface area contributed by atoms with E-state index in [1.807, 2.05) is 0 Å². The van der Waals surface area contributed by atoms with E-state index in [1.54, 1.807) is 4.90 Å². The third-order valence-electron chi connectivity index (χ3n) is 2.98. The summed E-state index contributed by atoms with van der Waals surface area (Å²) in [7, 11) is 0. The van der Waals surface area contributed by atoms with Gasteiger partial charge in [-0.3, -0.25) is 4.79 Å². The Kier molecular flexibility index (Phi) is 2.52. The van der Waals surface area contributed by atoms with Crippen molar-refractivity contribution in [3.05, 3.63) is 0 Å². The summed E-state index contributed by atoms with van der Waals surface area (Å²) in [4.78, 5) is 25.1. The van der Waals surface area contributed by atoms with E-state index in [0.29, 0.717) is 32.6 Å². The molecule has 0 aromatic heterocycles. The topological polar surface area (TPSA) is 81.1 Å². The molecule has 0 saturated carbocycles. The summed E-state index contributed by atoms with van der Waals surface area (Å²) in [6.45, 7) is 1.56. The Hall–Kier alpha value is -1.30.